The standard InChI is InChI=1S/C30H33F6N5O2/c1-4-18-7-5-6-8-25(18)39-27-21(9-20(13-37-27)22-14-38-40(3)15-22)16-41-17(2)26(43-28(41)42)19-10-23(29(31,32)33)12-24(11-19)30(34,35)36/h9-15,17-18,25-26H,4-8,16H2,1-3H3,(H,37,39)/t17-,18?,25?,26-/m0/s1. The number of hydrogen-bond donors (Lipinski definition) is 1. The van der Waals surface area contributed by atoms with E-state index >= 15 is 0 Å². The number of amides is 1. The number of carbonyl (C=O) groups excluding carboxylic acids is 1. The largest absolute Gasteiger partial charge is 0.439 e. The molecule has 1 aliphatic heterocycles. The van der Waals surface area contributed by atoms with E-state index in [0.717, 1.165) is 43.2 Å². The predicted molar refractivity (Wildman–Crippen MR) is 147 cm³/mol. The number of anilines is 1. The summed E-state index contributed by atoms with van der Waals surface area (Å²) in [6.07, 6.45) is -1.74. The quantitative estimate of drug-likeness (QED) is 0.275. The fourth-order valence-corrected chi connectivity index (χ4v) is 6.04. The van der Waals surface area contributed by atoms with Gasteiger partial charge in [-0.3, -0.25) is 9.58 Å². The third-order valence-corrected chi connectivity index (χ3v) is 8.43. The molecule has 0 radical (unpaired) electrons. The zero-order chi connectivity index (χ0) is 31.1. The number of pyridine rings is 1. The minimum absolute atomic E-state index is 0.0193. The molecule has 0 bridgehead atoms. The van der Waals surface area contributed by atoms with Crippen molar-refractivity contribution in [3.8, 4) is 11.1 Å². The van der Waals surface area contributed by atoms with Gasteiger partial charge in [-0.15, -0.1) is 0 Å². The maximum Gasteiger partial charge on any atom is 0.416 e. The minimum Gasteiger partial charge on any atom is -0.439 e. The molecule has 2 fully saturated rings. The van der Waals surface area contributed by atoms with Crippen molar-refractivity contribution < 1.29 is 35.9 Å². The lowest BCUT2D eigenvalue weighted by Gasteiger charge is -2.33. The van der Waals surface area contributed by atoms with Crippen molar-refractivity contribution in [2.75, 3.05) is 5.32 Å². The third-order valence-electron chi connectivity index (χ3n) is 8.43. The predicted octanol–water partition coefficient (Wildman–Crippen LogP) is 7.98. The summed E-state index contributed by atoms with van der Waals surface area (Å²) in [5.41, 5.74) is -1.11. The molecule has 1 aromatic carbocycles. The molecule has 1 N–H and O–H groups in total. The van der Waals surface area contributed by atoms with Crippen molar-refractivity contribution >= 4 is 11.9 Å². The first-order valence-electron chi connectivity index (χ1n) is 14.3. The number of nitrogens with zero attached hydrogens (tertiary/aromatic N) is 4. The number of alkyl halides is 6. The first-order chi connectivity index (χ1) is 20.2. The first-order valence-corrected chi connectivity index (χ1v) is 14.3. The summed E-state index contributed by atoms with van der Waals surface area (Å²) in [6.45, 7) is 3.67. The Labute approximate surface area is 245 Å². The maximum atomic E-state index is 13.5. The van der Waals surface area contributed by atoms with E-state index in [4.69, 9.17) is 9.72 Å². The number of benzene rings is 1. The molecule has 1 aliphatic carbocycles. The number of carbonyl (C=O) groups is 1. The van der Waals surface area contributed by atoms with Gasteiger partial charge in [0, 0.05) is 42.2 Å². The molecule has 2 aromatic heterocycles. The Kier molecular flexibility index (Phi) is 8.36. The summed E-state index contributed by atoms with van der Waals surface area (Å²) >= 11 is 0. The van der Waals surface area contributed by atoms with Crippen LogP contribution in [0.4, 0.5) is 37.0 Å². The molecular formula is C30H33F6N5O2. The van der Waals surface area contributed by atoms with Crippen molar-refractivity contribution in [1.29, 1.82) is 0 Å². The second-order valence-electron chi connectivity index (χ2n) is 11.4. The molecule has 2 unspecified atom stereocenters. The summed E-state index contributed by atoms with van der Waals surface area (Å²) in [4.78, 5) is 19.1. The fourth-order valence-electron chi connectivity index (χ4n) is 6.04. The SMILES string of the molecule is CCC1CCCCC1Nc1ncc(-c2cnn(C)c2)cc1CN1C(=O)O[C@H](c2cc(C(F)(F)F)cc(C(F)(F)F)c2)[C@@H]1C. The topological polar surface area (TPSA) is 72.3 Å². The highest BCUT2D eigenvalue weighted by Gasteiger charge is 2.43. The second kappa shape index (κ2) is 11.7. The van der Waals surface area contributed by atoms with Gasteiger partial charge >= 0.3 is 18.4 Å². The van der Waals surface area contributed by atoms with Crippen molar-refractivity contribution in [2.45, 2.75) is 83.0 Å². The molecule has 3 heterocycles. The summed E-state index contributed by atoms with van der Waals surface area (Å²) in [5.74, 6) is 1.02. The van der Waals surface area contributed by atoms with E-state index < -0.39 is 41.7 Å². The molecule has 2 aliphatic rings. The summed E-state index contributed by atoms with van der Waals surface area (Å²) in [6, 6.07) is 2.46. The Bertz CT molecular complexity index is 1440. The molecule has 1 amide bonds. The average Bonchev–Trinajstić information content (AvgIpc) is 3.51. The van der Waals surface area contributed by atoms with E-state index in [1.165, 1.54) is 4.90 Å². The molecule has 7 nitrogen and oxygen atoms in total. The zero-order valence-electron chi connectivity index (χ0n) is 24.0. The van der Waals surface area contributed by atoms with Crippen molar-refractivity contribution in [1.82, 2.24) is 19.7 Å². The van der Waals surface area contributed by atoms with E-state index in [1.54, 1.807) is 31.0 Å². The van der Waals surface area contributed by atoms with Crippen LogP contribution in [0.15, 0.2) is 42.9 Å². The van der Waals surface area contributed by atoms with Gasteiger partial charge in [0.1, 0.15) is 11.9 Å². The van der Waals surface area contributed by atoms with Crippen LogP contribution in [0.25, 0.3) is 11.1 Å². The monoisotopic (exact) mass is 609 g/mol. The normalized spacial score (nSPS) is 23.0. The van der Waals surface area contributed by atoms with Crippen LogP contribution < -0.4 is 5.32 Å². The van der Waals surface area contributed by atoms with Gasteiger partial charge in [0.15, 0.2) is 0 Å². The van der Waals surface area contributed by atoms with Crippen LogP contribution in [0.3, 0.4) is 0 Å². The average molecular weight is 610 g/mol. The molecule has 5 rings (SSSR count). The molecule has 0 spiro atoms. The van der Waals surface area contributed by atoms with E-state index in [9.17, 15) is 31.1 Å². The molecule has 13 heteroatoms. The zero-order valence-corrected chi connectivity index (χ0v) is 24.0. The van der Waals surface area contributed by atoms with Gasteiger partial charge in [0.25, 0.3) is 0 Å². The van der Waals surface area contributed by atoms with Crippen LogP contribution in [0, 0.1) is 5.92 Å². The van der Waals surface area contributed by atoms with Gasteiger partial charge < -0.3 is 10.1 Å². The lowest BCUT2D eigenvalue weighted by Crippen LogP contribution is -2.34. The highest BCUT2D eigenvalue weighted by atomic mass is 19.4. The number of hydrogen-bond acceptors (Lipinski definition) is 5. The van der Waals surface area contributed by atoms with Crippen LogP contribution in [0.1, 0.15) is 74.3 Å². The van der Waals surface area contributed by atoms with Crippen LogP contribution in [-0.4, -0.2) is 37.8 Å². The van der Waals surface area contributed by atoms with E-state index in [2.05, 4.69) is 17.3 Å². The number of aryl methyl sites for hydroxylation is 1. The number of nitrogens with one attached hydrogen (secondary N) is 1. The molecule has 43 heavy (non-hydrogen) atoms. The van der Waals surface area contributed by atoms with Crippen LogP contribution in [-0.2, 0) is 30.7 Å². The van der Waals surface area contributed by atoms with Gasteiger partial charge in [-0.1, -0.05) is 26.2 Å². The molecule has 1 saturated carbocycles. The first kappa shape index (κ1) is 30.7. The Morgan fingerprint density at radius 1 is 0.977 bits per heavy atom. The summed E-state index contributed by atoms with van der Waals surface area (Å²) in [5, 5.41) is 7.78. The second-order valence-corrected chi connectivity index (χ2v) is 11.4. The van der Waals surface area contributed by atoms with Gasteiger partial charge in [-0.05, 0) is 55.5 Å². The number of aromatic nitrogens is 3. The summed E-state index contributed by atoms with van der Waals surface area (Å²) < 4.78 is 88.2. The molecular weight excluding hydrogens is 576 g/mol. The Morgan fingerprint density at radius 3 is 2.26 bits per heavy atom. The van der Waals surface area contributed by atoms with Crippen molar-refractivity contribution in [3.63, 3.8) is 0 Å². The van der Waals surface area contributed by atoms with Gasteiger partial charge in [-0.25, -0.2) is 9.78 Å². The van der Waals surface area contributed by atoms with E-state index in [0.29, 0.717) is 29.4 Å². The van der Waals surface area contributed by atoms with E-state index in [1.807, 2.05) is 12.3 Å². The number of cyclic esters (lactones) is 1. The van der Waals surface area contributed by atoms with Crippen molar-refractivity contribution in [2.24, 2.45) is 13.0 Å². The van der Waals surface area contributed by atoms with Gasteiger partial charge in [0.2, 0.25) is 0 Å². The number of rotatable bonds is 7. The molecule has 4 atom stereocenters. The molecule has 232 valence electrons. The third kappa shape index (κ3) is 6.59. The lowest BCUT2D eigenvalue weighted by atomic mass is 9.83. The minimum atomic E-state index is -5.02. The van der Waals surface area contributed by atoms with E-state index in [-0.39, 0.29) is 24.2 Å². The van der Waals surface area contributed by atoms with Crippen LogP contribution in [0.2, 0.25) is 0 Å². The highest BCUT2D eigenvalue weighted by Crippen LogP contribution is 2.41. The fraction of sp³-hybridized carbons (Fsp3) is 0.500. The molecule has 1 saturated heterocycles. The highest BCUT2D eigenvalue weighted by molar-refractivity contribution is 5.72. The van der Waals surface area contributed by atoms with Crippen molar-refractivity contribution in [3.05, 3.63) is 65.1 Å². The number of halogens is 6. The Morgan fingerprint density at radius 2 is 1.65 bits per heavy atom. The lowest BCUT2D eigenvalue weighted by molar-refractivity contribution is -0.143. The van der Waals surface area contributed by atoms with Crippen LogP contribution >= 0.6 is 0 Å². The Balaban J connectivity index is 1.48. The van der Waals surface area contributed by atoms with Gasteiger partial charge in [0.05, 0.1) is 29.9 Å². The smallest absolute Gasteiger partial charge is 0.416 e. The maximum absolute atomic E-state index is 13.5. The number of ether oxygens (including phenoxy) is 1. The molecule has 3 aromatic rings. The summed E-state index contributed by atoms with van der Waals surface area (Å²) in [7, 11) is 1.78. The Hall–Kier alpha value is -3.77. The van der Waals surface area contributed by atoms with Crippen LogP contribution in [0.5, 0.6) is 0 Å². The van der Waals surface area contributed by atoms with Gasteiger partial charge in [-0.2, -0.15) is 31.4 Å².